The number of pyridine rings is 1. The molecule has 3 heterocycles. The lowest BCUT2D eigenvalue weighted by Crippen LogP contribution is -2.25. The highest BCUT2D eigenvalue weighted by molar-refractivity contribution is 7.90. The Labute approximate surface area is 178 Å². The van der Waals surface area contributed by atoms with Gasteiger partial charge >= 0.3 is 0 Å². The van der Waals surface area contributed by atoms with Crippen molar-refractivity contribution in [3.63, 3.8) is 0 Å². The van der Waals surface area contributed by atoms with Gasteiger partial charge in [0, 0.05) is 24.0 Å². The van der Waals surface area contributed by atoms with Crippen LogP contribution in [0.4, 0.5) is 5.69 Å². The lowest BCUT2D eigenvalue weighted by Gasteiger charge is -2.18. The summed E-state index contributed by atoms with van der Waals surface area (Å²) in [7, 11) is -3.84. The summed E-state index contributed by atoms with van der Waals surface area (Å²) in [5.41, 5.74) is 2.80. The third kappa shape index (κ3) is 3.86. The monoisotopic (exact) mass is 443 g/mol. The van der Waals surface area contributed by atoms with Crippen molar-refractivity contribution in [1.82, 2.24) is 8.96 Å². The van der Waals surface area contributed by atoms with Crippen LogP contribution in [0.5, 0.6) is 5.75 Å². The van der Waals surface area contributed by atoms with E-state index in [9.17, 15) is 13.2 Å². The van der Waals surface area contributed by atoms with Gasteiger partial charge in [0.05, 0.1) is 21.6 Å². The fraction of sp³-hybridized carbons (Fsp3) is 0.286. The number of carbonyl (C=O) groups excluding carboxylic acids is 1. The molecule has 9 nitrogen and oxygen atoms in total. The Bertz CT molecular complexity index is 1250. The highest BCUT2D eigenvalue weighted by Crippen LogP contribution is 2.39. The highest BCUT2D eigenvalue weighted by Gasteiger charge is 2.28. The zero-order valence-corrected chi connectivity index (χ0v) is 17.3. The summed E-state index contributed by atoms with van der Waals surface area (Å²) < 4.78 is 33.5. The summed E-state index contributed by atoms with van der Waals surface area (Å²) in [6, 6.07) is 8.04. The van der Waals surface area contributed by atoms with Gasteiger partial charge in [-0.15, -0.1) is 0 Å². The number of amides is 1. The number of anilines is 1. The van der Waals surface area contributed by atoms with E-state index in [2.05, 4.69) is 10.3 Å². The summed E-state index contributed by atoms with van der Waals surface area (Å²) in [4.78, 5) is 24.4. The first-order valence-corrected chi connectivity index (χ1v) is 11.3. The van der Waals surface area contributed by atoms with Crippen molar-refractivity contribution in [2.24, 2.45) is 0 Å². The maximum absolute atomic E-state index is 13.4. The van der Waals surface area contributed by atoms with Gasteiger partial charge in [-0.25, -0.2) is 12.4 Å². The Morgan fingerprint density at radius 2 is 1.97 bits per heavy atom. The van der Waals surface area contributed by atoms with E-state index < -0.39 is 10.0 Å². The van der Waals surface area contributed by atoms with Gasteiger partial charge in [0.2, 0.25) is 0 Å². The van der Waals surface area contributed by atoms with Crippen LogP contribution in [0.2, 0.25) is 0 Å². The molecule has 0 unspecified atom stereocenters. The normalized spacial score (nSPS) is 16.1. The second-order valence-corrected chi connectivity index (χ2v) is 9.15. The number of carbonyl (C=O) groups is 2. The van der Waals surface area contributed by atoms with Crippen molar-refractivity contribution in [3.8, 4) is 5.75 Å². The van der Waals surface area contributed by atoms with Crippen molar-refractivity contribution < 1.29 is 27.9 Å². The predicted molar refractivity (Wildman–Crippen MR) is 113 cm³/mol. The Balaban J connectivity index is 0.000000730. The number of rotatable bonds is 3. The van der Waals surface area contributed by atoms with Crippen molar-refractivity contribution >= 4 is 39.1 Å². The van der Waals surface area contributed by atoms with Gasteiger partial charge in [0.1, 0.15) is 5.75 Å². The number of hydrogen-bond acceptors (Lipinski definition) is 6. The van der Waals surface area contributed by atoms with Gasteiger partial charge in [-0.2, -0.15) is 0 Å². The highest BCUT2D eigenvalue weighted by atomic mass is 32.2. The number of aromatic nitrogens is 2. The number of ether oxygens (including phenoxy) is 1. The minimum absolute atomic E-state index is 0.112. The van der Waals surface area contributed by atoms with E-state index >= 15 is 0 Å². The summed E-state index contributed by atoms with van der Waals surface area (Å²) >= 11 is 0. The summed E-state index contributed by atoms with van der Waals surface area (Å²) in [6.07, 6.45) is 7.86. The van der Waals surface area contributed by atoms with Crippen molar-refractivity contribution in [2.45, 2.75) is 36.5 Å². The van der Waals surface area contributed by atoms with E-state index in [0.29, 0.717) is 22.9 Å². The van der Waals surface area contributed by atoms with Crippen molar-refractivity contribution in [1.29, 1.82) is 0 Å². The van der Waals surface area contributed by atoms with Crippen LogP contribution in [0.3, 0.4) is 0 Å². The number of nitrogens with one attached hydrogen (secondary N) is 1. The molecule has 5 rings (SSSR count). The van der Waals surface area contributed by atoms with Crippen LogP contribution in [-0.2, 0) is 19.6 Å². The lowest BCUT2D eigenvalue weighted by atomic mass is 10.00. The molecule has 0 saturated heterocycles. The van der Waals surface area contributed by atoms with Crippen LogP contribution in [0.25, 0.3) is 11.0 Å². The smallest absolute Gasteiger partial charge is 0.290 e. The first-order valence-electron chi connectivity index (χ1n) is 9.82. The van der Waals surface area contributed by atoms with Crippen LogP contribution >= 0.6 is 0 Å². The molecule has 1 aliphatic heterocycles. The first kappa shape index (κ1) is 20.9. The van der Waals surface area contributed by atoms with Gasteiger partial charge in [-0.05, 0) is 43.0 Å². The van der Waals surface area contributed by atoms with Gasteiger partial charge in [-0.1, -0.05) is 12.8 Å². The number of hydrogen-bond donors (Lipinski definition) is 2. The molecule has 31 heavy (non-hydrogen) atoms. The van der Waals surface area contributed by atoms with Gasteiger partial charge < -0.3 is 15.2 Å². The van der Waals surface area contributed by atoms with E-state index in [4.69, 9.17) is 14.6 Å². The first-order chi connectivity index (χ1) is 15.0. The van der Waals surface area contributed by atoms with Crippen LogP contribution in [0.15, 0.2) is 47.6 Å². The second kappa shape index (κ2) is 8.38. The maximum Gasteiger partial charge on any atom is 0.290 e. The molecular weight excluding hydrogens is 422 g/mol. The molecule has 1 amide bonds. The number of carboxylic acid groups (broad SMARTS) is 1. The van der Waals surface area contributed by atoms with Crippen molar-refractivity contribution in [2.75, 3.05) is 11.9 Å². The van der Waals surface area contributed by atoms with Crippen LogP contribution in [0, 0.1) is 0 Å². The summed E-state index contributed by atoms with van der Waals surface area (Å²) in [5.74, 6) is 0.439. The largest absolute Gasteiger partial charge is 0.483 e. The molecule has 2 aromatic heterocycles. The molecule has 2 N–H and O–H groups in total. The molecule has 1 saturated carbocycles. The average Bonchev–Trinajstić information content (AvgIpc) is 3.42. The Hall–Kier alpha value is -3.40. The van der Waals surface area contributed by atoms with E-state index in [1.807, 2.05) is 0 Å². The maximum atomic E-state index is 13.4. The fourth-order valence-electron chi connectivity index (χ4n) is 4.12. The molecule has 0 atom stereocenters. The molecule has 2 aliphatic rings. The molecule has 3 aromatic rings. The zero-order chi connectivity index (χ0) is 22.0. The van der Waals surface area contributed by atoms with E-state index in [1.165, 1.54) is 16.1 Å². The SMILES string of the molecule is O=C1COc2cc(S(=O)(=O)n3cc(C4CCCC4)c4ncccc43)ccc2N1.O=CO. The predicted octanol–water partition coefficient (Wildman–Crippen LogP) is 2.96. The second-order valence-electron chi connectivity index (χ2n) is 7.34. The lowest BCUT2D eigenvalue weighted by molar-refractivity contribution is -0.123. The summed E-state index contributed by atoms with van der Waals surface area (Å²) in [6.45, 7) is -0.376. The number of benzene rings is 1. The molecule has 0 bridgehead atoms. The molecule has 1 aliphatic carbocycles. The Kier molecular flexibility index (Phi) is 5.64. The summed E-state index contributed by atoms with van der Waals surface area (Å²) in [5, 5.41) is 9.56. The number of nitrogens with zero attached hydrogens (tertiary/aromatic N) is 2. The van der Waals surface area contributed by atoms with Gasteiger partial charge in [0.15, 0.2) is 6.61 Å². The minimum atomic E-state index is -3.84. The van der Waals surface area contributed by atoms with Crippen LogP contribution < -0.4 is 10.1 Å². The molecule has 162 valence electrons. The minimum Gasteiger partial charge on any atom is -0.483 e. The Morgan fingerprint density at radius 3 is 2.71 bits per heavy atom. The van der Waals surface area contributed by atoms with Crippen LogP contribution in [0.1, 0.15) is 37.2 Å². The molecule has 0 radical (unpaired) electrons. The number of fused-ring (bicyclic) bond motifs is 2. The van der Waals surface area contributed by atoms with Gasteiger partial charge in [-0.3, -0.25) is 14.6 Å². The molecule has 1 fully saturated rings. The third-order valence-corrected chi connectivity index (χ3v) is 7.16. The zero-order valence-electron chi connectivity index (χ0n) is 16.5. The molecule has 0 spiro atoms. The van der Waals surface area contributed by atoms with E-state index in [0.717, 1.165) is 36.8 Å². The molecule has 1 aromatic carbocycles. The Morgan fingerprint density at radius 1 is 1.23 bits per heavy atom. The van der Waals surface area contributed by atoms with Crippen LogP contribution in [-0.4, -0.2) is 41.5 Å². The van der Waals surface area contributed by atoms with Gasteiger partial charge in [0.25, 0.3) is 22.4 Å². The third-order valence-electron chi connectivity index (χ3n) is 5.49. The van der Waals surface area contributed by atoms with Crippen molar-refractivity contribution in [3.05, 3.63) is 48.3 Å². The topological polar surface area (TPSA) is 128 Å². The standard InChI is InChI=1S/C20H19N3O4S.CH2O2/c24-19-12-27-18-10-14(7-8-16(18)22-19)28(25,26)23-11-15(13-4-1-2-5-13)20-17(23)6-3-9-21-20;2-1-3/h3,6-11,13H,1-2,4-5,12H2,(H,22,24);1H,(H,2,3). The fourth-order valence-corrected chi connectivity index (χ4v) is 5.50. The molecular formula is C21H21N3O6S. The quantitative estimate of drug-likeness (QED) is 0.596. The molecule has 10 heteroatoms. The van der Waals surface area contributed by atoms with E-state index in [1.54, 1.807) is 30.6 Å². The van der Waals surface area contributed by atoms with E-state index in [-0.39, 0.29) is 23.9 Å². The average molecular weight is 443 g/mol.